The Morgan fingerprint density at radius 1 is 1.45 bits per heavy atom. The number of hydrogen-bond donors (Lipinski definition) is 1. The molecule has 0 bridgehead atoms. The average Bonchev–Trinajstić information content (AvgIpc) is 2.36. The first-order valence-electron chi connectivity index (χ1n) is 5.44. The second kappa shape index (κ2) is 5.83. The molecule has 0 aliphatic rings. The summed E-state index contributed by atoms with van der Waals surface area (Å²) in [5.74, 6) is -0.779. The van der Waals surface area contributed by atoms with Gasteiger partial charge >= 0.3 is 5.69 Å². The van der Waals surface area contributed by atoms with Gasteiger partial charge in [-0.3, -0.25) is 15.1 Å². The second-order valence-electron chi connectivity index (χ2n) is 3.86. The van der Waals surface area contributed by atoms with Crippen molar-refractivity contribution in [3.05, 3.63) is 56.6 Å². The molecule has 6 nitrogen and oxygen atoms in total. The Morgan fingerprint density at radius 3 is 2.85 bits per heavy atom. The Bertz CT molecular complexity index is 666. The number of pyridine rings is 1. The number of aromatic nitrogens is 1. The van der Waals surface area contributed by atoms with Gasteiger partial charge in [-0.25, -0.2) is 4.39 Å². The van der Waals surface area contributed by atoms with E-state index in [4.69, 9.17) is 10.5 Å². The molecule has 0 radical (unpaired) electrons. The lowest BCUT2D eigenvalue weighted by molar-refractivity contribution is -0.386. The van der Waals surface area contributed by atoms with Gasteiger partial charge in [0.1, 0.15) is 12.4 Å². The Labute approximate surface area is 121 Å². The lowest BCUT2D eigenvalue weighted by atomic mass is 10.3. The number of nitrogen functional groups attached to an aromatic ring is 1. The molecule has 0 aliphatic heterocycles. The van der Waals surface area contributed by atoms with Crippen LogP contribution in [0.3, 0.4) is 0 Å². The molecule has 0 atom stereocenters. The molecule has 20 heavy (non-hydrogen) atoms. The van der Waals surface area contributed by atoms with Crippen molar-refractivity contribution >= 4 is 27.3 Å². The summed E-state index contributed by atoms with van der Waals surface area (Å²) in [6.07, 6.45) is 1.50. The van der Waals surface area contributed by atoms with Crippen molar-refractivity contribution in [3.63, 3.8) is 0 Å². The van der Waals surface area contributed by atoms with Crippen LogP contribution in [0, 0.1) is 15.9 Å². The van der Waals surface area contributed by atoms with Crippen LogP contribution >= 0.6 is 15.9 Å². The zero-order chi connectivity index (χ0) is 14.7. The maximum atomic E-state index is 13.2. The third kappa shape index (κ3) is 3.21. The lowest BCUT2D eigenvalue weighted by Crippen LogP contribution is -2.02. The number of benzene rings is 1. The van der Waals surface area contributed by atoms with Gasteiger partial charge in [0, 0.05) is 11.9 Å². The molecule has 0 unspecified atom stereocenters. The molecule has 104 valence electrons. The van der Waals surface area contributed by atoms with E-state index in [0.717, 1.165) is 12.1 Å². The normalized spacial score (nSPS) is 10.3. The van der Waals surface area contributed by atoms with Crippen molar-refractivity contribution in [2.45, 2.75) is 6.61 Å². The highest BCUT2D eigenvalue weighted by Gasteiger charge is 2.20. The van der Waals surface area contributed by atoms with Crippen molar-refractivity contribution in [1.29, 1.82) is 0 Å². The van der Waals surface area contributed by atoms with Gasteiger partial charge < -0.3 is 10.5 Å². The number of nitro groups is 1. The van der Waals surface area contributed by atoms with Crippen LogP contribution in [0.25, 0.3) is 0 Å². The van der Waals surface area contributed by atoms with Crippen molar-refractivity contribution in [2.75, 3.05) is 5.73 Å². The minimum Gasteiger partial charge on any atom is -0.480 e. The van der Waals surface area contributed by atoms with E-state index in [0.29, 0.717) is 11.4 Å². The van der Waals surface area contributed by atoms with Crippen LogP contribution in [0.4, 0.5) is 15.8 Å². The third-order valence-electron chi connectivity index (χ3n) is 2.39. The van der Waals surface area contributed by atoms with Gasteiger partial charge in [0.15, 0.2) is 0 Å². The Balaban J connectivity index is 2.27. The number of nitrogens with two attached hydrogens (primary N) is 1. The smallest absolute Gasteiger partial charge is 0.315 e. The predicted octanol–water partition coefficient (Wildman–Crippen LogP) is 3.05. The summed E-state index contributed by atoms with van der Waals surface area (Å²) in [6.45, 7) is -0.0177. The van der Waals surface area contributed by atoms with E-state index in [-0.39, 0.29) is 16.8 Å². The van der Waals surface area contributed by atoms with Gasteiger partial charge in [0.05, 0.1) is 21.2 Å². The quantitative estimate of drug-likeness (QED) is 0.681. The Kier molecular flexibility index (Phi) is 4.14. The summed E-state index contributed by atoms with van der Waals surface area (Å²) in [4.78, 5) is 14.2. The van der Waals surface area contributed by atoms with E-state index >= 15 is 0 Å². The molecular formula is C12H9BrFN3O3. The Morgan fingerprint density at radius 2 is 2.20 bits per heavy atom. The molecule has 8 heteroatoms. The third-order valence-corrected chi connectivity index (χ3v) is 2.98. The molecule has 0 fully saturated rings. The molecule has 1 aromatic carbocycles. The van der Waals surface area contributed by atoms with Crippen LogP contribution in [0.1, 0.15) is 5.69 Å². The van der Waals surface area contributed by atoms with Crippen LogP contribution < -0.4 is 10.5 Å². The molecule has 2 N–H and O–H groups in total. The number of rotatable bonds is 4. The van der Waals surface area contributed by atoms with E-state index in [1.807, 2.05) is 0 Å². The number of halogens is 2. The van der Waals surface area contributed by atoms with Crippen molar-refractivity contribution in [1.82, 2.24) is 4.98 Å². The highest BCUT2D eigenvalue weighted by atomic mass is 79.9. The number of nitrogens with zero attached hydrogens (tertiary/aromatic N) is 2. The molecule has 0 spiro atoms. The monoisotopic (exact) mass is 341 g/mol. The molecule has 2 rings (SSSR count). The zero-order valence-corrected chi connectivity index (χ0v) is 11.6. The molecule has 0 amide bonds. The summed E-state index contributed by atoms with van der Waals surface area (Å²) < 4.78 is 18.7. The number of hydrogen-bond acceptors (Lipinski definition) is 5. The summed E-state index contributed by atoms with van der Waals surface area (Å²) in [7, 11) is 0. The van der Waals surface area contributed by atoms with Crippen molar-refractivity contribution in [3.8, 4) is 5.75 Å². The first kappa shape index (κ1) is 14.2. The van der Waals surface area contributed by atoms with Crippen LogP contribution in [0.5, 0.6) is 5.75 Å². The summed E-state index contributed by atoms with van der Waals surface area (Å²) in [5.41, 5.74) is 6.15. The molecule has 0 saturated heterocycles. The number of anilines is 1. The highest BCUT2D eigenvalue weighted by Crippen LogP contribution is 2.36. The van der Waals surface area contributed by atoms with Crippen LogP contribution in [-0.2, 0) is 6.61 Å². The fourth-order valence-electron chi connectivity index (χ4n) is 1.55. The van der Waals surface area contributed by atoms with E-state index in [1.54, 1.807) is 12.1 Å². The minimum absolute atomic E-state index is 0.0177. The molecule has 0 aliphatic carbocycles. The van der Waals surface area contributed by atoms with Crippen LogP contribution in [0.2, 0.25) is 0 Å². The van der Waals surface area contributed by atoms with E-state index in [2.05, 4.69) is 20.9 Å². The van der Waals surface area contributed by atoms with E-state index in [1.165, 1.54) is 6.20 Å². The molecule has 2 aromatic rings. The van der Waals surface area contributed by atoms with Crippen molar-refractivity contribution in [2.24, 2.45) is 0 Å². The van der Waals surface area contributed by atoms with Gasteiger partial charge in [0.25, 0.3) is 0 Å². The standard InChI is InChI=1S/C12H9BrFN3O3/c13-10-3-7(14)4-11(17(18)19)12(10)20-6-9-5-8(15)1-2-16-9/h1-5H,6H2,(H2,15,16). The van der Waals surface area contributed by atoms with E-state index in [9.17, 15) is 14.5 Å². The van der Waals surface area contributed by atoms with Crippen LogP contribution in [-0.4, -0.2) is 9.91 Å². The summed E-state index contributed by atoms with van der Waals surface area (Å²) >= 11 is 3.04. The lowest BCUT2D eigenvalue weighted by Gasteiger charge is -2.08. The fourth-order valence-corrected chi connectivity index (χ4v) is 2.08. The van der Waals surface area contributed by atoms with Gasteiger partial charge in [-0.2, -0.15) is 0 Å². The molecule has 1 aromatic heterocycles. The second-order valence-corrected chi connectivity index (χ2v) is 4.72. The highest BCUT2D eigenvalue weighted by molar-refractivity contribution is 9.10. The SMILES string of the molecule is Nc1ccnc(COc2c(Br)cc(F)cc2[N+](=O)[O-])c1. The average molecular weight is 342 g/mol. The van der Waals surface area contributed by atoms with Gasteiger partial charge in [-0.05, 0) is 34.1 Å². The maximum Gasteiger partial charge on any atom is 0.315 e. The zero-order valence-electron chi connectivity index (χ0n) is 10.0. The van der Waals surface area contributed by atoms with Gasteiger partial charge in [-0.15, -0.1) is 0 Å². The largest absolute Gasteiger partial charge is 0.480 e. The number of ether oxygens (including phenoxy) is 1. The topological polar surface area (TPSA) is 91.3 Å². The molecule has 1 heterocycles. The van der Waals surface area contributed by atoms with Gasteiger partial charge in [0.2, 0.25) is 5.75 Å². The molecular weight excluding hydrogens is 333 g/mol. The first-order valence-corrected chi connectivity index (χ1v) is 6.23. The molecule has 0 saturated carbocycles. The van der Waals surface area contributed by atoms with Gasteiger partial charge in [-0.1, -0.05) is 0 Å². The van der Waals surface area contributed by atoms with E-state index < -0.39 is 16.4 Å². The van der Waals surface area contributed by atoms with Crippen molar-refractivity contribution < 1.29 is 14.1 Å². The maximum absolute atomic E-state index is 13.2. The first-order chi connectivity index (χ1) is 9.47. The minimum atomic E-state index is -0.724. The Hall–Kier alpha value is -2.22. The predicted molar refractivity (Wildman–Crippen MR) is 73.7 cm³/mol. The fraction of sp³-hybridized carbons (Fsp3) is 0.0833. The number of nitro benzene ring substituents is 1. The van der Waals surface area contributed by atoms with Crippen LogP contribution in [0.15, 0.2) is 34.9 Å². The summed E-state index contributed by atoms with van der Waals surface area (Å²) in [5, 5.41) is 10.9. The summed E-state index contributed by atoms with van der Waals surface area (Å²) in [6, 6.07) is 5.09.